The summed E-state index contributed by atoms with van der Waals surface area (Å²) < 4.78 is 24.9. The molecule has 1 rings (SSSR count). The summed E-state index contributed by atoms with van der Waals surface area (Å²) in [4.78, 5) is 11.7. The number of nitrogens with one attached hydrogen (secondary N) is 2. The number of alkyl halides is 1. The fourth-order valence-corrected chi connectivity index (χ4v) is 2.73. The molecule has 1 amide bonds. The number of benzene rings is 1. The summed E-state index contributed by atoms with van der Waals surface area (Å²) in [6, 6.07) is 7.14. The summed E-state index contributed by atoms with van der Waals surface area (Å²) in [6.07, 6.45) is 0. The van der Waals surface area contributed by atoms with E-state index in [-0.39, 0.29) is 30.6 Å². The van der Waals surface area contributed by atoms with E-state index in [1.165, 1.54) is 0 Å². The van der Waals surface area contributed by atoms with Crippen molar-refractivity contribution in [1.29, 1.82) is 0 Å². The van der Waals surface area contributed by atoms with Gasteiger partial charge in [-0.3, -0.25) is 4.79 Å². The van der Waals surface area contributed by atoms with Crippen LogP contribution in [0.25, 0.3) is 0 Å². The van der Waals surface area contributed by atoms with Crippen molar-refractivity contribution in [3.05, 3.63) is 35.4 Å². The van der Waals surface area contributed by atoms with Crippen molar-refractivity contribution >= 4 is 27.5 Å². The Kier molecular flexibility index (Phi) is 6.27. The van der Waals surface area contributed by atoms with E-state index in [2.05, 4.69) is 10.0 Å². The van der Waals surface area contributed by atoms with Crippen LogP contribution in [0.15, 0.2) is 24.3 Å². The molecule has 0 unspecified atom stereocenters. The molecule has 5 nitrogen and oxygen atoms in total. The van der Waals surface area contributed by atoms with Gasteiger partial charge in [-0.1, -0.05) is 17.7 Å². The fourth-order valence-electron chi connectivity index (χ4n) is 1.36. The smallest absolute Gasteiger partial charge is 0.251 e. The van der Waals surface area contributed by atoms with Crippen molar-refractivity contribution in [3.63, 3.8) is 0 Å². The fraction of sp³-hybridized carbons (Fsp3) is 0.417. The van der Waals surface area contributed by atoms with Crippen LogP contribution in [0.5, 0.6) is 0 Å². The van der Waals surface area contributed by atoms with Gasteiger partial charge in [-0.2, -0.15) is 0 Å². The van der Waals surface area contributed by atoms with Crippen LogP contribution in [0.3, 0.4) is 0 Å². The first-order valence-electron chi connectivity index (χ1n) is 5.83. The Hall–Kier alpha value is -1.11. The summed E-state index contributed by atoms with van der Waals surface area (Å²) in [5, 5.41) is 2.63. The Morgan fingerprint density at radius 2 is 1.84 bits per heavy atom. The average Bonchev–Trinajstić information content (AvgIpc) is 2.35. The minimum absolute atomic E-state index is 0.0467. The highest BCUT2D eigenvalue weighted by Gasteiger charge is 2.08. The van der Waals surface area contributed by atoms with Gasteiger partial charge in [0.05, 0.1) is 5.75 Å². The lowest BCUT2D eigenvalue weighted by atomic mass is 10.1. The number of hydrogen-bond donors (Lipinski definition) is 2. The predicted octanol–water partition coefficient (Wildman–Crippen LogP) is 0.883. The monoisotopic (exact) mass is 304 g/mol. The molecule has 0 atom stereocenters. The number of aryl methyl sites for hydroxylation is 1. The summed E-state index contributed by atoms with van der Waals surface area (Å²) >= 11 is 5.35. The molecule has 7 heteroatoms. The number of halogens is 1. The van der Waals surface area contributed by atoms with Crippen molar-refractivity contribution in [2.75, 3.05) is 24.7 Å². The Morgan fingerprint density at radius 1 is 1.21 bits per heavy atom. The van der Waals surface area contributed by atoms with Gasteiger partial charge >= 0.3 is 0 Å². The normalized spacial score (nSPS) is 11.3. The van der Waals surface area contributed by atoms with Gasteiger partial charge in [-0.15, -0.1) is 11.6 Å². The van der Waals surface area contributed by atoms with Crippen LogP contribution in [0.2, 0.25) is 0 Å². The van der Waals surface area contributed by atoms with Crippen molar-refractivity contribution in [1.82, 2.24) is 10.0 Å². The van der Waals surface area contributed by atoms with E-state index in [1.54, 1.807) is 12.1 Å². The van der Waals surface area contributed by atoms with Crippen molar-refractivity contribution in [3.8, 4) is 0 Å². The molecule has 2 N–H and O–H groups in total. The number of rotatable bonds is 7. The van der Waals surface area contributed by atoms with E-state index in [4.69, 9.17) is 11.6 Å². The van der Waals surface area contributed by atoms with Gasteiger partial charge in [0.1, 0.15) is 0 Å². The molecule has 0 saturated carbocycles. The first kappa shape index (κ1) is 15.9. The molecule has 106 valence electrons. The maximum Gasteiger partial charge on any atom is 0.251 e. The van der Waals surface area contributed by atoms with Crippen LogP contribution >= 0.6 is 11.6 Å². The van der Waals surface area contributed by atoms with Gasteiger partial charge in [0.2, 0.25) is 10.0 Å². The zero-order valence-corrected chi connectivity index (χ0v) is 12.2. The molecule has 0 aromatic heterocycles. The van der Waals surface area contributed by atoms with Gasteiger partial charge in [0, 0.05) is 24.5 Å². The van der Waals surface area contributed by atoms with Gasteiger partial charge in [0.15, 0.2) is 0 Å². The Labute approximate surface area is 118 Å². The molecule has 0 aliphatic carbocycles. The number of hydrogen-bond acceptors (Lipinski definition) is 3. The quantitative estimate of drug-likeness (QED) is 0.580. The summed E-state index contributed by atoms with van der Waals surface area (Å²) in [5.41, 5.74) is 1.62. The van der Waals surface area contributed by atoms with Crippen molar-refractivity contribution < 1.29 is 13.2 Å². The third kappa shape index (κ3) is 6.04. The van der Waals surface area contributed by atoms with Crippen LogP contribution < -0.4 is 10.0 Å². The molecule has 0 bridgehead atoms. The lowest BCUT2D eigenvalue weighted by Gasteiger charge is -2.07. The molecule has 19 heavy (non-hydrogen) atoms. The van der Waals surface area contributed by atoms with E-state index in [0.717, 1.165) is 5.56 Å². The van der Waals surface area contributed by atoms with E-state index >= 15 is 0 Å². The third-order valence-electron chi connectivity index (χ3n) is 2.39. The highest BCUT2D eigenvalue weighted by atomic mass is 35.5. The second kappa shape index (κ2) is 7.47. The molecule has 0 saturated heterocycles. The summed E-state index contributed by atoms with van der Waals surface area (Å²) in [5.74, 6) is -0.303. The minimum atomic E-state index is -3.33. The Bertz CT molecular complexity index is 514. The molecule has 0 spiro atoms. The number of carbonyl (C=O) groups is 1. The lowest BCUT2D eigenvalue weighted by molar-refractivity contribution is 0.0954. The highest BCUT2D eigenvalue weighted by Crippen LogP contribution is 2.02. The van der Waals surface area contributed by atoms with E-state index in [9.17, 15) is 13.2 Å². The molecule has 0 aliphatic rings. The Balaban J connectivity index is 2.34. The van der Waals surface area contributed by atoms with Crippen LogP contribution in [0, 0.1) is 6.92 Å². The molecule has 0 heterocycles. The molecule has 0 radical (unpaired) electrons. The SMILES string of the molecule is Cc1ccc(C(=O)NCCNS(=O)(=O)CCCl)cc1. The van der Waals surface area contributed by atoms with Crippen LogP contribution in [0.4, 0.5) is 0 Å². The standard InChI is InChI=1S/C12H17ClN2O3S/c1-10-2-4-11(5-3-10)12(16)14-7-8-15-19(17,18)9-6-13/h2-5,15H,6-9H2,1H3,(H,14,16). The topological polar surface area (TPSA) is 75.3 Å². The maximum absolute atomic E-state index is 11.7. The van der Waals surface area contributed by atoms with Crippen LogP contribution in [-0.2, 0) is 10.0 Å². The first-order valence-corrected chi connectivity index (χ1v) is 8.01. The second-order valence-electron chi connectivity index (χ2n) is 4.02. The zero-order valence-electron chi connectivity index (χ0n) is 10.6. The highest BCUT2D eigenvalue weighted by molar-refractivity contribution is 7.89. The summed E-state index contributed by atoms with van der Waals surface area (Å²) in [6.45, 7) is 2.32. The van der Waals surface area contributed by atoms with E-state index in [0.29, 0.717) is 5.56 Å². The van der Waals surface area contributed by atoms with Crippen LogP contribution in [-0.4, -0.2) is 39.0 Å². The average molecular weight is 305 g/mol. The van der Waals surface area contributed by atoms with Gasteiger partial charge < -0.3 is 5.32 Å². The number of carbonyl (C=O) groups excluding carboxylic acids is 1. The molecule has 0 fully saturated rings. The molecule has 1 aromatic rings. The molecule has 1 aromatic carbocycles. The Morgan fingerprint density at radius 3 is 2.42 bits per heavy atom. The summed E-state index contributed by atoms with van der Waals surface area (Å²) in [7, 11) is -3.33. The van der Waals surface area contributed by atoms with Gasteiger partial charge in [-0.05, 0) is 19.1 Å². The molecular weight excluding hydrogens is 288 g/mol. The number of sulfonamides is 1. The van der Waals surface area contributed by atoms with Crippen molar-refractivity contribution in [2.24, 2.45) is 0 Å². The van der Waals surface area contributed by atoms with E-state index < -0.39 is 10.0 Å². The second-order valence-corrected chi connectivity index (χ2v) is 6.33. The predicted molar refractivity (Wildman–Crippen MR) is 76.0 cm³/mol. The van der Waals surface area contributed by atoms with E-state index in [1.807, 2.05) is 19.1 Å². The largest absolute Gasteiger partial charge is 0.351 e. The maximum atomic E-state index is 11.7. The minimum Gasteiger partial charge on any atom is -0.351 e. The third-order valence-corrected chi connectivity index (χ3v) is 4.19. The zero-order chi connectivity index (χ0) is 14.3. The molecule has 0 aliphatic heterocycles. The van der Waals surface area contributed by atoms with Gasteiger partial charge in [-0.25, -0.2) is 13.1 Å². The van der Waals surface area contributed by atoms with Crippen molar-refractivity contribution in [2.45, 2.75) is 6.92 Å². The number of amides is 1. The first-order chi connectivity index (χ1) is 8.94. The van der Waals surface area contributed by atoms with Crippen LogP contribution in [0.1, 0.15) is 15.9 Å². The lowest BCUT2D eigenvalue weighted by Crippen LogP contribution is -2.36. The molecular formula is C12H17ClN2O3S. The van der Waals surface area contributed by atoms with Gasteiger partial charge in [0.25, 0.3) is 5.91 Å².